The van der Waals surface area contributed by atoms with Crippen LogP contribution >= 0.6 is 12.4 Å². The van der Waals surface area contributed by atoms with Crippen LogP contribution in [0.1, 0.15) is 28.4 Å². The first-order chi connectivity index (χ1) is 8.75. The summed E-state index contributed by atoms with van der Waals surface area (Å²) in [6.45, 7) is 5.93. The molecule has 2 aliphatic rings. The number of hydrogen-bond donors (Lipinski definition) is 1. The van der Waals surface area contributed by atoms with Gasteiger partial charge in [-0.1, -0.05) is 6.07 Å². The molecule has 1 atom stereocenters. The zero-order valence-corrected chi connectivity index (χ0v) is 11.8. The molecule has 0 aromatic heterocycles. The number of amides is 1. The highest BCUT2D eigenvalue weighted by atomic mass is 35.5. The average Bonchev–Trinajstić information content (AvgIpc) is 2.85. The Morgan fingerprint density at radius 1 is 1.37 bits per heavy atom. The fourth-order valence-corrected chi connectivity index (χ4v) is 2.61. The Morgan fingerprint density at radius 2 is 2.16 bits per heavy atom. The molecule has 1 saturated heterocycles. The van der Waals surface area contributed by atoms with Gasteiger partial charge in [0.15, 0.2) is 0 Å². The predicted molar refractivity (Wildman–Crippen MR) is 75.6 cm³/mol. The normalized spacial score (nSPS) is 21.7. The van der Waals surface area contributed by atoms with Crippen LogP contribution in [0.4, 0.5) is 0 Å². The number of rotatable bonds is 1. The van der Waals surface area contributed by atoms with Gasteiger partial charge < -0.3 is 15.0 Å². The number of fused-ring (bicyclic) bond motifs is 1. The van der Waals surface area contributed by atoms with Gasteiger partial charge in [-0.15, -0.1) is 12.4 Å². The van der Waals surface area contributed by atoms with Crippen molar-refractivity contribution < 1.29 is 9.53 Å². The van der Waals surface area contributed by atoms with Crippen molar-refractivity contribution in [3.63, 3.8) is 0 Å². The van der Waals surface area contributed by atoms with Gasteiger partial charge in [-0.2, -0.15) is 0 Å². The van der Waals surface area contributed by atoms with Crippen molar-refractivity contribution in [1.29, 1.82) is 0 Å². The Kier molecular flexibility index (Phi) is 4.45. The molecule has 3 rings (SSSR count). The van der Waals surface area contributed by atoms with Crippen molar-refractivity contribution in [2.24, 2.45) is 0 Å². The minimum atomic E-state index is 0. The van der Waals surface area contributed by atoms with Gasteiger partial charge in [0.1, 0.15) is 0 Å². The summed E-state index contributed by atoms with van der Waals surface area (Å²) in [5, 5.41) is 3.30. The smallest absolute Gasteiger partial charge is 0.254 e. The van der Waals surface area contributed by atoms with E-state index in [0.29, 0.717) is 13.2 Å². The first-order valence-corrected chi connectivity index (χ1v) is 6.47. The zero-order valence-electron chi connectivity index (χ0n) is 11.0. The number of carbonyl (C=O) groups is 1. The number of nitrogens with one attached hydrogen (secondary N) is 1. The molecule has 1 aromatic carbocycles. The lowest BCUT2D eigenvalue weighted by Crippen LogP contribution is -2.52. The number of hydrogen-bond acceptors (Lipinski definition) is 3. The third kappa shape index (κ3) is 2.76. The van der Waals surface area contributed by atoms with Crippen LogP contribution in [0.25, 0.3) is 0 Å². The maximum atomic E-state index is 12.5. The minimum absolute atomic E-state index is 0. The third-order valence-electron chi connectivity index (χ3n) is 3.73. The number of benzene rings is 1. The van der Waals surface area contributed by atoms with Gasteiger partial charge in [0.05, 0.1) is 13.2 Å². The maximum Gasteiger partial charge on any atom is 0.254 e. The molecule has 1 fully saturated rings. The number of halogens is 1. The fourth-order valence-electron chi connectivity index (χ4n) is 2.61. The van der Waals surface area contributed by atoms with Gasteiger partial charge in [-0.25, -0.2) is 0 Å². The van der Waals surface area contributed by atoms with E-state index >= 15 is 0 Å². The summed E-state index contributed by atoms with van der Waals surface area (Å²) in [6, 6.07) is 6.18. The molecule has 0 spiro atoms. The van der Waals surface area contributed by atoms with Gasteiger partial charge in [-0.05, 0) is 30.2 Å². The second-order valence-corrected chi connectivity index (χ2v) is 5.03. The number of piperazine rings is 1. The van der Waals surface area contributed by atoms with E-state index in [-0.39, 0.29) is 24.4 Å². The molecule has 19 heavy (non-hydrogen) atoms. The van der Waals surface area contributed by atoms with Crippen molar-refractivity contribution in [3.8, 4) is 0 Å². The lowest BCUT2D eigenvalue weighted by molar-refractivity contribution is 0.0655. The van der Waals surface area contributed by atoms with Crippen LogP contribution in [-0.2, 0) is 18.0 Å². The molecule has 5 heteroatoms. The van der Waals surface area contributed by atoms with E-state index in [4.69, 9.17) is 4.74 Å². The van der Waals surface area contributed by atoms with Crippen LogP contribution in [0.15, 0.2) is 18.2 Å². The molecular formula is C14H19ClN2O2. The highest BCUT2D eigenvalue weighted by Gasteiger charge is 2.24. The molecule has 1 aromatic rings. The molecular weight excluding hydrogens is 264 g/mol. The molecule has 0 radical (unpaired) electrons. The lowest BCUT2D eigenvalue weighted by Gasteiger charge is -2.34. The molecule has 1 amide bonds. The monoisotopic (exact) mass is 282 g/mol. The van der Waals surface area contributed by atoms with Gasteiger partial charge >= 0.3 is 0 Å². The Hall–Kier alpha value is -1.10. The Labute approximate surface area is 119 Å². The highest BCUT2D eigenvalue weighted by Crippen LogP contribution is 2.22. The van der Waals surface area contributed by atoms with E-state index in [2.05, 4.69) is 12.2 Å². The van der Waals surface area contributed by atoms with Crippen LogP contribution in [0.2, 0.25) is 0 Å². The van der Waals surface area contributed by atoms with E-state index in [1.54, 1.807) is 0 Å². The van der Waals surface area contributed by atoms with Crippen LogP contribution in [-0.4, -0.2) is 36.5 Å². The van der Waals surface area contributed by atoms with Gasteiger partial charge in [0, 0.05) is 31.2 Å². The van der Waals surface area contributed by atoms with Crippen LogP contribution in [0.3, 0.4) is 0 Å². The summed E-state index contributed by atoms with van der Waals surface area (Å²) in [5.74, 6) is 0.138. The van der Waals surface area contributed by atoms with E-state index in [1.165, 1.54) is 5.56 Å². The largest absolute Gasteiger partial charge is 0.372 e. The highest BCUT2D eigenvalue weighted by molar-refractivity contribution is 5.94. The summed E-state index contributed by atoms with van der Waals surface area (Å²) in [4.78, 5) is 14.4. The van der Waals surface area contributed by atoms with E-state index in [9.17, 15) is 4.79 Å². The minimum Gasteiger partial charge on any atom is -0.372 e. The maximum absolute atomic E-state index is 12.5. The summed E-state index contributed by atoms with van der Waals surface area (Å²) >= 11 is 0. The first-order valence-electron chi connectivity index (χ1n) is 6.47. The molecule has 1 unspecified atom stereocenters. The molecule has 4 nitrogen and oxygen atoms in total. The molecule has 1 N–H and O–H groups in total. The Bertz CT molecular complexity index is 479. The van der Waals surface area contributed by atoms with Crippen LogP contribution in [0.5, 0.6) is 0 Å². The van der Waals surface area contributed by atoms with E-state index < -0.39 is 0 Å². The van der Waals surface area contributed by atoms with E-state index in [1.807, 2.05) is 23.1 Å². The summed E-state index contributed by atoms with van der Waals surface area (Å²) in [6.07, 6.45) is 0. The standard InChI is InChI=1S/C14H18N2O2.ClH/c1-10-7-15-4-5-16(10)14(17)11-2-3-12-8-18-9-13(12)6-11;/h2-3,6,10,15H,4-5,7-9H2,1H3;1H. The fraction of sp³-hybridized carbons (Fsp3) is 0.500. The molecule has 2 heterocycles. The summed E-state index contributed by atoms with van der Waals surface area (Å²) in [5.41, 5.74) is 3.15. The quantitative estimate of drug-likeness (QED) is 0.850. The molecule has 0 aliphatic carbocycles. The third-order valence-corrected chi connectivity index (χ3v) is 3.73. The molecule has 0 saturated carbocycles. The van der Waals surface area contributed by atoms with Crippen molar-refractivity contribution in [3.05, 3.63) is 34.9 Å². The van der Waals surface area contributed by atoms with Crippen LogP contribution < -0.4 is 5.32 Å². The topological polar surface area (TPSA) is 41.6 Å². The first kappa shape index (κ1) is 14.3. The van der Waals surface area contributed by atoms with Crippen LogP contribution in [0, 0.1) is 0 Å². The van der Waals surface area contributed by atoms with Crippen molar-refractivity contribution in [2.45, 2.75) is 26.2 Å². The van der Waals surface area contributed by atoms with Gasteiger partial charge in [0.2, 0.25) is 0 Å². The number of nitrogens with zero attached hydrogens (tertiary/aromatic N) is 1. The van der Waals surface area contributed by atoms with Crippen molar-refractivity contribution >= 4 is 18.3 Å². The second-order valence-electron chi connectivity index (χ2n) is 5.03. The number of carbonyl (C=O) groups excluding carboxylic acids is 1. The van der Waals surface area contributed by atoms with Crippen molar-refractivity contribution in [2.75, 3.05) is 19.6 Å². The molecule has 0 bridgehead atoms. The molecule has 104 valence electrons. The Balaban J connectivity index is 0.00000133. The summed E-state index contributed by atoms with van der Waals surface area (Å²) < 4.78 is 5.38. The second kappa shape index (κ2) is 5.90. The molecule has 2 aliphatic heterocycles. The lowest BCUT2D eigenvalue weighted by atomic mass is 10.0. The average molecular weight is 283 g/mol. The van der Waals surface area contributed by atoms with Gasteiger partial charge in [-0.3, -0.25) is 4.79 Å². The van der Waals surface area contributed by atoms with Crippen molar-refractivity contribution in [1.82, 2.24) is 10.2 Å². The van der Waals surface area contributed by atoms with Gasteiger partial charge in [0.25, 0.3) is 5.91 Å². The zero-order chi connectivity index (χ0) is 12.5. The number of ether oxygens (including phenoxy) is 1. The Morgan fingerprint density at radius 3 is 2.95 bits per heavy atom. The SMILES string of the molecule is CC1CNCCN1C(=O)c1ccc2c(c1)COC2.Cl. The van der Waals surface area contributed by atoms with E-state index in [0.717, 1.165) is 30.8 Å². The summed E-state index contributed by atoms with van der Waals surface area (Å²) in [7, 11) is 0. The predicted octanol–water partition coefficient (Wildman–Crippen LogP) is 1.57.